The highest BCUT2D eigenvalue weighted by molar-refractivity contribution is 6.30. The summed E-state index contributed by atoms with van der Waals surface area (Å²) in [4.78, 5) is 33.1. The van der Waals surface area contributed by atoms with Crippen LogP contribution in [0.25, 0.3) is 10.9 Å². The van der Waals surface area contributed by atoms with Crippen molar-refractivity contribution in [2.24, 2.45) is 5.41 Å². The van der Waals surface area contributed by atoms with Crippen LogP contribution in [0.2, 0.25) is 5.15 Å². The van der Waals surface area contributed by atoms with Gasteiger partial charge in [0, 0.05) is 24.5 Å². The van der Waals surface area contributed by atoms with Crippen LogP contribution in [0.1, 0.15) is 59.3 Å². The van der Waals surface area contributed by atoms with Crippen molar-refractivity contribution in [1.29, 1.82) is 0 Å². The maximum atomic E-state index is 15.5. The maximum Gasteiger partial charge on any atom is 0.410 e. The molecule has 1 amide bonds. The Labute approximate surface area is 249 Å². The van der Waals surface area contributed by atoms with Gasteiger partial charge in [0.15, 0.2) is 11.0 Å². The number of hydrogen-bond donors (Lipinski definition) is 1. The third kappa shape index (κ3) is 4.89. The molecule has 1 saturated carbocycles. The van der Waals surface area contributed by atoms with Gasteiger partial charge >= 0.3 is 12.1 Å². The number of hydrogen-bond acceptors (Lipinski definition) is 10. The summed E-state index contributed by atoms with van der Waals surface area (Å²) in [7, 11) is 0. The van der Waals surface area contributed by atoms with Gasteiger partial charge in [-0.05, 0) is 65.8 Å². The summed E-state index contributed by atoms with van der Waals surface area (Å²) in [6.07, 6.45) is 5.40. The van der Waals surface area contributed by atoms with Crippen LogP contribution in [0.3, 0.4) is 0 Å². The van der Waals surface area contributed by atoms with E-state index in [9.17, 15) is 9.90 Å². The number of aromatic nitrogens is 3. The summed E-state index contributed by atoms with van der Waals surface area (Å²) in [6, 6.07) is -0.229. The average Bonchev–Trinajstić information content (AvgIpc) is 3.47. The lowest BCUT2D eigenvalue weighted by Crippen LogP contribution is -2.63. The third-order valence-electron chi connectivity index (χ3n) is 9.45. The van der Waals surface area contributed by atoms with E-state index in [2.05, 4.69) is 19.8 Å². The number of ether oxygens (including phenoxy) is 3. The molecule has 4 aliphatic heterocycles. The lowest BCUT2D eigenvalue weighted by Gasteiger charge is -2.46. The van der Waals surface area contributed by atoms with Crippen molar-refractivity contribution in [3.8, 4) is 11.9 Å². The summed E-state index contributed by atoms with van der Waals surface area (Å²) in [5.74, 6) is -0.0823. The molecule has 5 aliphatic rings. The van der Waals surface area contributed by atoms with E-state index in [1.165, 1.54) is 0 Å². The first-order chi connectivity index (χ1) is 20.1. The maximum absolute atomic E-state index is 15.5. The number of anilines is 1. The number of amides is 1. The van der Waals surface area contributed by atoms with Crippen LogP contribution >= 0.6 is 11.6 Å². The van der Waals surface area contributed by atoms with Crippen LogP contribution in [0.5, 0.6) is 11.9 Å². The van der Waals surface area contributed by atoms with Crippen molar-refractivity contribution >= 4 is 34.4 Å². The van der Waals surface area contributed by atoms with Gasteiger partial charge in [-0.2, -0.15) is 15.0 Å². The third-order valence-corrected chi connectivity index (χ3v) is 9.70. The number of nitrogens with zero attached hydrogens (tertiary/aromatic N) is 6. The average molecular weight is 605 g/mol. The van der Waals surface area contributed by atoms with Gasteiger partial charge in [-0.15, -0.1) is 0 Å². The molecule has 4 atom stereocenters. The lowest BCUT2D eigenvalue weighted by molar-refractivity contribution is 0.00538. The highest BCUT2D eigenvalue weighted by atomic mass is 35.5. The van der Waals surface area contributed by atoms with Crippen molar-refractivity contribution in [3.63, 3.8) is 0 Å². The fourth-order valence-corrected chi connectivity index (χ4v) is 7.35. The monoisotopic (exact) mass is 604 g/mol. The fraction of sp³-hybridized carbons (Fsp3) is 0.724. The van der Waals surface area contributed by atoms with Crippen LogP contribution in [0, 0.1) is 11.2 Å². The second-order valence-electron chi connectivity index (χ2n) is 13.5. The molecule has 1 N–H and O–H groups in total. The van der Waals surface area contributed by atoms with E-state index >= 15 is 4.39 Å². The second kappa shape index (κ2) is 10.2. The van der Waals surface area contributed by atoms with Crippen LogP contribution in [-0.2, 0) is 4.74 Å². The van der Waals surface area contributed by atoms with E-state index in [1.807, 2.05) is 25.7 Å². The normalized spacial score (nSPS) is 28.0. The van der Waals surface area contributed by atoms with E-state index in [-0.39, 0.29) is 71.4 Å². The van der Waals surface area contributed by atoms with Crippen molar-refractivity contribution in [2.75, 3.05) is 44.4 Å². The number of likely N-dealkylation sites (tertiary alicyclic amines) is 1. The molecular weight excluding hydrogens is 567 g/mol. The topological polar surface area (TPSA) is 113 Å². The molecule has 0 radical (unpaired) electrons. The van der Waals surface area contributed by atoms with E-state index in [4.69, 9.17) is 30.8 Å². The molecule has 0 aromatic carbocycles. The van der Waals surface area contributed by atoms with Crippen LogP contribution in [0.4, 0.5) is 15.0 Å². The fourth-order valence-electron chi connectivity index (χ4n) is 7.18. The Balaban J connectivity index is 1.20. The number of rotatable bonds is 6. The molecule has 13 heteroatoms. The molecular formula is C29H38ClFN6O5. The van der Waals surface area contributed by atoms with Crippen molar-refractivity contribution in [1.82, 2.24) is 24.8 Å². The molecule has 0 spiro atoms. The molecule has 2 bridgehead atoms. The number of aliphatic hydroxyl groups excluding tert-OH is 1. The Morgan fingerprint density at radius 1 is 1.19 bits per heavy atom. The Morgan fingerprint density at radius 2 is 2.00 bits per heavy atom. The van der Waals surface area contributed by atoms with Crippen LogP contribution in [0.15, 0.2) is 0 Å². The number of carbonyl (C=O) groups excluding carboxylic acids is 1. The van der Waals surface area contributed by atoms with Gasteiger partial charge in [0.2, 0.25) is 5.88 Å². The molecule has 228 valence electrons. The summed E-state index contributed by atoms with van der Waals surface area (Å²) < 4.78 is 33.6. The molecule has 2 aromatic heterocycles. The number of fused-ring (bicyclic) bond motifs is 5. The first-order valence-electron chi connectivity index (χ1n) is 15.0. The summed E-state index contributed by atoms with van der Waals surface area (Å²) in [6.45, 7) is 8.67. The number of halogens is 2. The molecule has 11 nitrogen and oxygen atoms in total. The largest absolute Gasteiger partial charge is 0.475 e. The van der Waals surface area contributed by atoms with Gasteiger partial charge in [-0.1, -0.05) is 11.6 Å². The van der Waals surface area contributed by atoms with Gasteiger partial charge in [0.25, 0.3) is 0 Å². The molecule has 3 saturated heterocycles. The van der Waals surface area contributed by atoms with Crippen LogP contribution in [-0.4, -0.2) is 105 Å². The molecule has 7 rings (SSSR count). The molecule has 42 heavy (non-hydrogen) atoms. The summed E-state index contributed by atoms with van der Waals surface area (Å²) in [5.41, 5.74) is -0.634. The first kappa shape index (κ1) is 28.1. The zero-order valence-corrected chi connectivity index (χ0v) is 25.1. The van der Waals surface area contributed by atoms with Crippen molar-refractivity contribution in [3.05, 3.63) is 11.0 Å². The number of carbonyl (C=O) groups is 1. The van der Waals surface area contributed by atoms with E-state index < -0.39 is 11.4 Å². The number of piperazine rings is 1. The van der Waals surface area contributed by atoms with Gasteiger partial charge < -0.3 is 24.2 Å². The first-order valence-corrected chi connectivity index (χ1v) is 15.4. The number of pyridine rings is 1. The summed E-state index contributed by atoms with van der Waals surface area (Å²) in [5, 5.41) is 9.80. The van der Waals surface area contributed by atoms with Gasteiger partial charge in [0.05, 0.1) is 31.3 Å². The number of aliphatic hydroxyl groups is 1. The van der Waals surface area contributed by atoms with Gasteiger partial charge in [0.1, 0.15) is 28.9 Å². The lowest BCUT2D eigenvalue weighted by atomic mass is 10.0. The minimum absolute atomic E-state index is 0.0114. The zero-order valence-electron chi connectivity index (χ0n) is 24.3. The molecule has 0 unspecified atom stereocenters. The van der Waals surface area contributed by atoms with Gasteiger partial charge in [-0.25, -0.2) is 9.18 Å². The predicted octanol–water partition coefficient (Wildman–Crippen LogP) is 3.78. The van der Waals surface area contributed by atoms with Gasteiger partial charge in [-0.3, -0.25) is 9.80 Å². The smallest absolute Gasteiger partial charge is 0.410 e. The highest BCUT2D eigenvalue weighted by Gasteiger charge is 2.52. The standard InChI is InChI=1S/C29H38ClFN6O5/c1-28(2,3)42-27(39)37-16-6-7-18(37)19-13-40-25-20-22(21(31)23(30)33-25)32-26(34-24(20)36(19)11-16)41-15-29(8-9-29)14-35-10-4-5-17(35)12-38/h16-19,38H,4-15H2,1-3H3/t16-,17-,18+,19-/m1/s1. The Hall–Kier alpha value is -2.70. The zero-order chi connectivity index (χ0) is 29.4. The van der Waals surface area contributed by atoms with E-state index in [1.54, 1.807) is 0 Å². The minimum Gasteiger partial charge on any atom is -0.475 e. The molecule has 1 aliphatic carbocycles. The molecule has 2 aromatic rings. The quantitative estimate of drug-likeness (QED) is 0.489. The molecule has 4 fully saturated rings. The van der Waals surface area contributed by atoms with E-state index in [0.29, 0.717) is 24.4 Å². The highest BCUT2D eigenvalue weighted by Crippen LogP contribution is 2.48. The van der Waals surface area contributed by atoms with E-state index in [0.717, 1.165) is 51.6 Å². The Kier molecular flexibility index (Phi) is 6.82. The molecule has 6 heterocycles. The second-order valence-corrected chi connectivity index (χ2v) is 13.9. The Morgan fingerprint density at radius 3 is 2.74 bits per heavy atom. The SMILES string of the molecule is CC(C)(C)OC(=O)N1[C@@H]2CC[C@H]1[C@H]1COc3nc(Cl)c(F)c4nc(OCC5(CN6CCC[C@@H]6CO)CC5)nc(c34)N1C2. The van der Waals surface area contributed by atoms with Crippen LogP contribution < -0.4 is 14.4 Å². The van der Waals surface area contributed by atoms with Crippen molar-refractivity contribution in [2.45, 2.75) is 89.1 Å². The van der Waals surface area contributed by atoms with Crippen molar-refractivity contribution < 1.29 is 28.5 Å². The predicted molar refractivity (Wildman–Crippen MR) is 153 cm³/mol. The minimum atomic E-state index is -0.745. The summed E-state index contributed by atoms with van der Waals surface area (Å²) >= 11 is 6.20. The Bertz CT molecular complexity index is 1400.